The standard InChI is InChI=1S/C25H26N4O2/c1-15-6-5-7-19(25(31)29-10-3-4-11-29)22(15)16-8-9-20-17(12-16)13-18-14-21(24(30)26-2)28-23(18)27-20/h5-9,12-13,21H,3-4,10-11,14H2,1-2H3,(H,26,30)(H,27,28). The summed E-state index contributed by atoms with van der Waals surface area (Å²) in [5.41, 5.74) is 5.76. The van der Waals surface area contributed by atoms with Crippen LogP contribution in [0.1, 0.15) is 34.3 Å². The Labute approximate surface area is 181 Å². The molecule has 1 atom stereocenters. The normalized spacial score (nSPS) is 17.5. The predicted octanol–water partition coefficient (Wildman–Crippen LogP) is 3.53. The Morgan fingerprint density at radius 3 is 2.71 bits per heavy atom. The number of anilines is 1. The molecule has 1 aromatic heterocycles. The van der Waals surface area contributed by atoms with Crippen molar-refractivity contribution in [3.05, 3.63) is 59.2 Å². The molecule has 0 spiro atoms. The minimum atomic E-state index is -0.287. The molecule has 1 fully saturated rings. The van der Waals surface area contributed by atoms with Crippen LogP contribution in [0.3, 0.4) is 0 Å². The fourth-order valence-corrected chi connectivity index (χ4v) is 4.74. The molecule has 0 bridgehead atoms. The van der Waals surface area contributed by atoms with Crippen molar-refractivity contribution in [2.45, 2.75) is 32.2 Å². The van der Waals surface area contributed by atoms with Crippen LogP contribution in [0.4, 0.5) is 5.82 Å². The van der Waals surface area contributed by atoms with Crippen LogP contribution in [0, 0.1) is 6.92 Å². The molecule has 158 valence electrons. The maximum atomic E-state index is 13.2. The van der Waals surface area contributed by atoms with E-state index in [0.717, 1.165) is 70.5 Å². The Kier molecular flexibility index (Phi) is 4.85. The van der Waals surface area contributed by atoms with Crippen molar-refractivity contribution in [3.63, 3.8) is 0 Å². The van der Waals surface area contributed by atoms with Gasteiger partial charge >= 0.3 is 0 Å². The molecule has 5 rings (SSSR count). The number of amides is 2. The Morgan fingerprint density at radius 1 is 1.13 bits per heavy atom. The first-order valence-electron chi connectivity index (χ1n) is 10.9. The molecule has 0 aliphatic carbocycles. The summed E-state index contributed by atoms with van der Waals surface area (Å²) >= 11 is 0. The van der Waals surface area contributed by atoms with Gasteiger partial charge < -0.3 is 15.5 Å². The third-order valence-corrected chi connectivity index (χ3v) is 6.38. The second-order valence-corrected chi connectivity index (χ2v) is 8.42. The number of likely N-dealkylation sites (tertiary alicyclic amines) is 1. The van der Waals surface area contributed by atoms with Crippen molar-refractivity contribution in [1.82, 2.24) is 15.2 Å². The second-order valence-electron chi connectivity index (χ2n) is 8.42. The Morgan fingerprint density at radius 2 is 1.94 bits per heavy atom. The summed E-state index contributed by atoms with van der Waals surface area (Å²) in [6, 6.07) is 13.9. The quantitative estimate of drug-likeness (QED) is 0.688. The number of hydrogen-bond acceptors (Lipinski definition) is 4. The zero-order valence-electron chi connectivity index (χ0n) is 17.9. The number of carbonyl (C=O) groups excluding carboxylic acids is 2. The third kappa shape index (κ3) is 3.42. The molecular formula is C25H26N4O2. The summed E-state index contributed by atoms with van der Waals surface area (Å²) in [6.07, 6.45) is 2.76. The highest BCUT2D eigenvalue weighted by molar-refractivity contribution is 6.03. The number of hydrogen-bond donors (Lipinski definition) is 2. The molecule has 2 aliphatic rings. The van der Waals surface area contributed by atoms with E-state index in [1.807, 2.05) is 29.2 Å². The Bertz CT molecular complexity index is 1200. The van der Waals surface area contributed by atoms with Crippen LogP contribution in [0.5, 0.6) is 0 Å². The molecule has 6 heteroatoms. The molecule has 1 unspecified atom stereocenters. The van der Waals surface area contributed by atoms with Gasteiger partial charge in [0.05, 0.1) is 5.52 Å². The van der Waals surface area contributed by atoms with Gasteiger partial charge in [-0.3, -0.25) is 9.59 Å². The number of benzene rings is 2. The minimum Gasteiger partial charge on any atom is -0.358 e. The summed E-state index contributed by atoms with van der Waals surface area (Å²) in [5.74, 6) is 0.850. The number of rotatable bonds is 3. The summed E-state index contributed by atoms with van der Waals surface area (Å²) in [5, 5.41) is 6.92. The first-order chi connectivity index (χ1) is 15.0. The molecule has 31 heavy (non-hydrogen) atoms. The lowest BCUT2D eigenvalue weighted by Gasteiger charge is -2.19. The first-order valence-corrected chi connectivity index (χ1v) is 10.9. The van der Waals surface area contributed by atoms with E-state index in [1.165, 1.54) is 0 Å². The van der Waals surface area contributed by atoms with E-state index < -0.39 is 0 Å². The van der Waals surface area contributed by atoms with Crippen molar-refractivity contribution in [2.75, 3.05) is 25.5 Å². The molecule has 2 aromatic carbocycles. The average Bonchev–Trinajstić information content (AvgIpc) is 3.46. The van der Waals surface area contributed by atoms with E-state index in [-0.39, 0.29) is 17.9 Å². The van der Waals surface area contributed by atoms with Crippen LogP contribution in [0.15, 0.2) is 42.5 Å². The van der Waals surface area contributed by atoms with Gasteiger partial charge in [0.15, 0.2) is 0 Å². The van der Waals surface area contributed by atoms with E-state index >= 15 is 0 Å². The highest BCUT2D eigenvalue weighted by Crippen LogP contribution is 2.34. The average molecular weight is 415 g/mol. The van der Waals surface area contributed by atoms with Crippen molar-refractivity contribution in [3.8, 4) is 11.1 Å². The molecular weight excluding hydrogens is 388 g/mol. The topological polar surface area (TPSA) is 74.3 Å². The Balaban J connectivity index is 1.56. The van der Waals surface area contributed by atoms with Gasteiger partial charge in [-0.25, -0.2) is 4.98 Å². The third-order valence-electron chi connectivity index (χ3n) is 6.38. The highest BCUT2D eigenvalue weighted by Gasteiger charge is 2.28. The smallest absolute Gasteiger partial charge is 0.254 e. The van der Waals surface area contributed by atoms with Crippen molar-refractivity contribution >= 4 is 28.5 Å². The van der Waals surface area contributed by atoms with Gasteiger partial charge in [0.2, 0.25) is 5.91 Å². The second kappa shape index (κ2) is 7.69. The number of fused-ring (bicyclic) bond motifs is 2. The summed E-state index contributed by atoms with van der Waals surface area (Å²) < 4.78 is 0. The van der Waals surface area contributed by atoms with Crippen LogP contribution in [-0.2, 0) is 11.2 Å². The van der Waals surface area contributed by atoms with Gasteiger partial charge in [0.1, 0.15) is 11.9 Å². The molecule has 2 aliphatic heterocycles. The van der Waals surface area contributed by atoms with Gasteiger partial charge in [-0.05, 0) is 66.3 Å². The highest BCUT2D eigenvalue weighted by atomic mass is 16.2. The monoisotopic (exact) mass is 414 g/mol. The summed E-state index contributed by atoms with van der Waals surface area (Å²) in [4.78, 5) is 31.9. The summed E-state index contributed by atoms with van der Waals surface area (Å²) in [6.45, 7) is 3.72. The van der Waals surface area contributed by atoms with E-state index in [1.54, 1.807) is 7.05 Å². The first kappa shape index (κ1) is 19.5. The summed E-state index contributed by atoms with van der Waals surface area (Å²) in [7, 11) is 1.65. The lowest BCUT2D eigenvalue weighted by molar-refractivity contribution is -0.121. The van der Waals surface area contributed by atoms with Crippen LogP contribution < -0.4 is 10.6 Å². The molecule has 1 saturated heterocycles. The number of aryl methyl sites for hydroxylation is 1. The van der Waals surface area contributed by atoms with Gasteiger partial charge in [-0.1, -0.05) is 18.2 Å². The molecule has 2 N–H and O–H groups in total. The van der Waals surface area contributed by atoms with E-state index in [9.17, 15) is 9.59 Å². The van der Waals surface area contributed by atoms with Crippen molar-refractivity contribution in [2.24, 2.45) is 0 Å². The lowest BCUT2D eigenvalue weighted by Crippen LogP contribution is -2.36. The molecule has 6 nitrogen and oxygen atoms in total. The molecule has 3 aromatic rings. The van der Waals surface area contributed by atoms with E-state index in [0.29, 0.717) is 6.42 Å². The number of nitrogens with one attached hydrogen (secondary N) is 2. The molecule has 2 amide bonds. The maximum Gasteiger partial charge on any atom is 0.254 e. The van der Waals surface area contributed by atoms with Gasteiger partial charge in [-0.2, -0.15) is 0 Å². The number of aromatic nitrogens is 1. The molecule has 0 saturated carbocycles. The minimum absolute atomic E-state index is 0.0345. The van der Waals surface area contributed by atoms with E-state index in [4.69, 9.17) is 4.98 Å². The maximum absolute atomic E-state index is 13.2. The lowest BCUT2D eigenvalue weighted by atomic mass is 9.93. The number of likely N-dealkylation sites (N-methyl/N-ethyl adjacent to an activating group) is 1. The predicted molar refractivity (Wildman–Crippen MR) is 122 cm³/mol. The van der Waals surface area contributed by atoms with Crippen molar-refractivity contribution < 1.29 is 9.59 Å². The van der Waals surface area contributed by atoms with Gasteiger partial charge in [0.25, 0.3) is 5.91 Å². The fourth-order valence-electron chi connectivity index (χ4n) is 4.74. The number of pyridine rings is 1. The van der Waals surface area contributed by atoms with Crippen LogP contribution in [-0.4, -0.2) is 47.9 Å². The molecule has 3 heterocycles. The van der Waals surface area contributed by atoms with Crippen molar-refractivity contribution in [1.29, 1.82) is 0 Å². The number of nitrogens with zero attached hydrogens (tertiary/aromatic N) is 2. The van der Waals surface area contributed by atoms with Crippen LogP contribution >= 0.6 is 0 Å². The van der Waals surface area contributed by atoms with Gasteiger partial charge in [-0.15, -0.1) is 0 Å². The van der Waals surface area contributed by atoms with Crippen LogP contribution in [0.25, 0.3) is 22.0 Å². The zero-order chi connectivity index (χ0) is 21.5. The Hall–Kier alpha value is -3.41. The molecule has 0 radical (unpaired) electrons. The van der Waals surface area contributed by atoms with E-state index in [2.05, 4.69) is 35.8 Å². The van der Waals surface area contributed by atoms with Gasteiger partial charge in [0, 0.05) is 37.5 Å². The zero-order valence-corrected chi connectivity index (χ0v) is 17.9. The number of carbonyl (C=O) groups is 2. The SMILES string of the molecule is CNC(=O)C1Cc2cc3cc(-c4c(C)cccc4C(=O)N4CCCC4)ccc3nc2N1. The van der Waals surface area contributed by atoms with Crippen LogP contribution in [0.2, 0.25) is 0 Å². The largest absolute Gasteiger partial charge is 0.358 e. The fraction of sp³-hybridized carbons (Fsp3) is 0.320.